The Morgan fingerprint density at radius 2 is 2.25 bits per heavy atom. The van der Waals surface area contributed by atoms with Crippen LogP contribution in [0.25, 0.3) is 0 Å². The molecular formula is C13H18N2O. The molecule has 1 rings (SSSR count). The summed E-state index contributed by atoms with van der Waals surface area (Å²) in [6.07, 6.45) is 0. The second-order valence-electron chi connectivity index (χ2n) is 4.07. The van der Waals surface area contributed by atoms with Crippen LogP contribution in [-0.4, -0.2) is 12.5 Å². The summed E-state index contributed by atoms with van der Waals surface area (Å²) in [6.45, 7) is 6.29. The molecule has 16 heavy (non-hydrogen) atoms. The van der Waals surface area contributed by atoms with Crippen molar-refractivity contribution in [3.05, 3.63) is 34.9 Å². The average molecular weight is 218 g/mol. The Kier molecular flexibility index (Phi) is 4.07. The first-order valence-corrected chi connectivity index (χ1v) is 5.32. The molecule has 1 N–H and O–H groups in total. The predicted molar refractivity (Wildman–Crippen MR) is 65.3 cm³/mol. The Labute approximate surface area is 97.6 Å². The van der Waals surface area contributed by atoms with Crippen LogP contribution < -0.4 is 5.32 Å². The van der Waals surface area contributed by atoms with Gasteiger partial charge in [-0.2, -0.15) is 5.26 Å². The van der Waals surface area contributed by atoms with Crippen molar-refractivity contribution in [3.8, 4) is 6.07 Å². The van der Waals surface area contributed by atoms with E-state index in [-0.39, 0.29) is 13.9 Å². The van der Waals surface area contributed by atoms with Gasteiger partial charge in [-0.15, -0.1) is 0 Å². The Balaban J connectivity index is 0.00000256. The lowest BCUT2D eigenvalue weighted by molar-refractivity contribution is 0.0958. The first-order valence-electron chi connectivity index (χ1n) is 5.32. The van der Waals surface area contributed by atoms with Gasteiger partial charge in [-0.1, -0.05) is 19.9 Å². The van der Waals surface area contributed by atoms with E-state index in [4.69, 9.17) is 5.26 Å². The summed E-state index contributed by atoms with van der Waals surface area (Å²) >= 11 is 0. The molecule has 0 aliphatic carbocycles. The van der Waals surface area contributed by atoms with Gasteiger partial charge in [0, 0.05) is 6.99 Å². The number of nitriles is 1. The number of carbonyl (C=O) groups is 1. The van der Waals surface area contributed by atoms with Gasteiger partial charge in [0.1, 0.15) is 6.54 Å². The molecule has 0 saturated heterocycles. The van der Waals surface area contributed by atoms with Gasteiger partial charge in [-0.05, 0) is 36.1 Å². The topological polar surface area (TPSA) is 52.9 Å². The molecule has 1 aromatic carbocycles. The molecule has 1 amide bonds. The van der Waals surface area contributed by atoms with E-state index >= 15 is 0 Å². The average Bonchev–Trinajstić information content (AvgIpc) is 2.25. The maximum atomic E-state index is 11.6. The van der Waals surface area contributed by atoms with Crippen molar-refractivity contribution < 1.29 is 6.22 Å². The molecule has 0 atom stereocenters. The highest BCUT2D eigenvalue weighted by Crippen LogP contribution is 2.19. The lowest BCUT2D eigenvalue weighted by Crippen LogP contribution is -2.23. The molecule has 3 heteroatoms. The molecule has 0 spiro atoms. The largest absolute Gasteiger partial charge is 0.339 e. The summed E-state index contributed by atoms with van der Waals surface area (Å²) < 4.78 is 0. The van der Waals surface area contributed by atoms with E-state index in [0.717, 1.165) is 5.56 Å². The Morgan fingerprint density at radius 3 is 2.75 bits per heavy atom. The fourth-order valence-electron chi connectivity index (χ4n) is 1.69. The van der Waals surface area contributed by atoms with Crippen molar-refractivity contribution >= 4 is 5.91 Å². The smallest absolute Gasteiger partial charge is 0.252 e. The van der Waals surface area contributed by atoms with Crippen LogP contribution >= 0.6 is 0 Å². The summed E-state index contributed by atoms with van der Waals surface area (Å²) in [5.74, 6) is 0.260. The third kappa shape index (κ3) is 2.83. The van der Waals surface area contributed by atoms with E-state index in [0.29, 0.717) is 11.5 Å². The number of aryl methyl sites for hydroxylation is 1. The Morgan fingerprint density at radius 1 is 1.56 bits per heavy atom. The third-order valence-electron chi connectivity index (χ3n) is 2.48. The SMILES string of the molecule is Cc1cc(C(=O)NCC#N)ccc1C(C)C.[HH]. The minimum Gasteiger partial charge on any atom is -0.339 e. The number of nitrogens with one attached hydrogen (secondary N) is 1. The number of hydrogen-bond acceptors (Lipinski definition) is 2. The monoisotopic (exact) mass is 218 g/mol. The third-order valence-corrected chi connectivity index (χ3v) is 2.48. The van der Waals surface area contributed by atoms with Crippen LogP contribution in [0.3, 0.4) is 0 Å². The number of amides is 1. The quantitative estimate of drug-likeness (QED) is 0.793. The van der Waals surface area contributed by atoms with Gasteiger partial charge in [-0.3, -0.25) is 4.79 Å². The fraction of sp³-hybridized carbons (Fsp3) is 0.385. The lowest BCUT2D eigenvalue weighted by atomic mass is 9.96. The molecule has 1 aromatic rings. The predicted octanol–water partition coefficient (Wildman–Crippen LogP) is 2.62. The highest BCUT2D eigenvalue weighted by atomic mass is 16.1. The number of carbonyl (C=O) groups excluding carboxylic acids is 1. The van der Waals surface area contributed by atoms with E-state index in [2.05, 4.69) is 19.2 Å². The highest BCUT2D eigenvalue weighted by Gasteiger charge is 2.08. The zero-order valence-electron chi connectivity index (χ0n) is 9.87. The molecule has 0 aromatic heterocycles. The van der Waals surface area contributed by atoms with E-state index in [1.807, 2.05) is 25.1 Å². The van der Waals surface area contributed by atoms with Crippen LogP contribution in [-0.2, 0) is 0 Å². The van der Waals surface area contributed by atoms with Crippen molar-refractivity contribution in [2.45, 2.75) is 26.7 Å². The fourth-order valence-corrected chi connectivity index (χ4v) is 1.69. The Bertz CT molecular complexity index is 436. The van der Waals surface area contributed by atoms with Gasteiger partial charge in [0.15, 0.2) is 0 Å². The molecule has 0 bridgehead atoms. The number of hydrogen-bond donors (Lipinski definition) is 1. The van der Waals surface area contributed by atoms with E-state index in [1.54, 1.807) is 6.07 Å². The zero-order chi connectivity index (χ0) is 12.1. The second kappa shape index (κ2) is 5.32. The summed E-state index contributed by atoms with van der Waals surface area (Å²) in [6, 6.07) is 7.52. The Hall–Kier alpha value is -1.82. The second-order valence-corrected chi connectivity index (χ2v) is 4.07. The summed E-state index contributed by atoms with van der Waals surface area (Å²) in [7, 11) is 0. The van der Waals surface area contributed by atoms with Gasteiger partial charge in [0.05, 0.1) is 6.07 Å². The minimum atomic E-state index is -0.194. The summed E-state index contributed by atoms with van der Waals surface area (Å²) in [4.78, 5) is 11.6. The van der Waals surface area contributed by atoms with E-state index in [9.17, 15) is 4.79 Å². The zero-order valence-corrected chi connectivity index (χ0v) is 9.87. The number of benzene rings is 1. The summed E-state index contributed by atoms with van der Waals surface area (Å²) in [5.41, 5.74) is 2.97. The van der Waals surface area contributed by atoms with Crippen molar-refractivity contribution in [1.29, 1.82) is 5.26 Å². The van der Waals surface area contributed by atoms with Crippen LogP contribution in [0.1, 0.15) is 42.7 Å². The number of rotatable bonds is 3. The molecule has 0 saturated carbocycles. The van der Waals surface area contributed by atoms with Crippen molar-refractivity contribution in [3.63, 3.8) is 0 Å². The summed E-state index contributed by atoms with van der Waals surface area (Å²) in [5, 5.41) is 10.9. The van der Waals surface area contributed by atoms with Gasteiger partial charge in [-0.25, -0.2) is 0 Å². The molecule has 0 unspecified atom stereocenters. The highest BCUT2D eigenvalue weighted by molar-refractivity contribution is 5.94. The molecule has 0 radical (unpaired) electrons. The van der Waals surface area contributed by atoms with Crippen LogP contribution in [0.15, 0.2) is 18.2 Å². The maximum absolute atomic E-state index is 11.6. The molecule has 0 heterocycles. The first kappa shape index (κ1) is 12.3. The maximum Gasteiger partial charge on any atom is 0.252 e. The minimum absolute atomic E-state index is 0. The normalized spacial score (nSPS) is 9.94. The van der Waals surface area contributed by atoms with E-state index in [1.165, 1.54) is 5.56 Å². The van der Waals surface area contributed by atoms with Crippen molar-refractivity contribution in [2.24, 2.45) is 0 Å². The molecular weight excluding hydrogens is 200 g/mol. The van der Waals surface area contributed by atoms with E-state index < -0.39 is 0 Å². The van der Waals surface area contributed by atoms with Gasteiger partial charge in [0.2, 0.25) is 0 Å². The lowest BCUT2D eigenvalue weighted by Gasteiger charge is -2.10. The van der Waals surface area contributed by atoms with Gasteiger partial charge >= 0.3 is 0 Å². The first-order chi connectivity index (χ1) is 7.56. The van der Waals surface area contributed by atoms with Crippen molar-refractivity contribution in [2.75, 3.05) is 6.54 Å². The molecule has 3 nitrogen and oxygen atoms in total. The number of nitrogens with zero attached hydrogens (tertiary/aromatic N) is 1. The van der Waals surface area contributed by atoms with Crippen LogP contribution in [0.5, 0.6) is 0 Å². The molecule has 0 aliphatic rings. The van der Waals surface area contributed by atoms with Crippen molar-refractivity contribution in [1.82, 2.24) is 5.32 Å². The van der Waals surface area contributed by atoms with Gasteiger partial charge < -0.3 is 5.32 Å². The van der Waals surface area contributed by atoms with Crippen LogP contribution in [0.4, 0.5) is 0 Å². The molecule has 0 fully saturated rings. The standard InChI is InChI=1S/C13H16N2O.H2/c1-9(2)12-5-4-11(8-10(12)3)13(16)15-7-6-14;/h4-5,8-9H,7H2,1-3H3,(H,15,16);1H. The molecule has 86 valence electrons. The molecule has 0 aliphatic heterocycles. The van der Waals surface area contributed by atoms with Crippen LogP contribution in [0, 0.1) is 18.3 Å². The van der Waals surface area contributed by atoms with Gasteiger partial charge in [0.25, 0.3) is 5.91 Å². The van der Waals surface area contributed by atoms with Crippen LogP contribution in [0.2, 0.25) is 0 Å².